The maximum Gasteiger partial charge on any atom is 0.257 e. The van der Waals surface area contributed by atoms with Gasteiger partial charge in [0.1, 0.15) is 0 Å². The van der Waals surface area contributed by atoms with Crippen LogP contribution in [0.3, 0.4) is 0 Å². The molecule has 2 aromatic heterocycles. The van der Waals surface area contributed by atoms with Gasteiger partial charge in [-0.15, -0.1) is 21.5 Å². The number of hydrogen-bond donors (Lipinski definition) is 0. The molecule has 0 radical (unpaired) electrons. The number of aromatic nitrogens is 2. The van der Waals surface area contributed by atoms with Crippen LogP contribution in [0.2, 0.25) is 0 Å². The highest BCUT2D eigenvalue weighted by atomic mass is 79.9. The van der Waals surface area contributed by atoms with Crippen LogP contribution in [0.25, 0.3) is 10.8 Å². The summed E-state index contributed by atoms with van der Waals surface area (Å²) >= 11 is 5.15. The van der Waals surface area contributed by atoms with E-state index in [-0.39, 0.29) is 4.83 Å². The Labute approximate surface area is 101 Å². The van der Waals surface area contributed by atoms with Crippen molar-refractivity contribution in [1.29, 1.82) is 0 Å². The molecule has 0 fully saturated rings. The van der Waals surface area contributed by atoms with E-state index in [2.05, 4.69) is 46.0 Å². The zero-order valence-electron chi connectivity index (χ0n) is 8.53. The molecule has 3 nitrogen and oxygen atoms in total. The van der Waals surface area contributed by atoms with Crippen LogP contribution in [0, 0.1) is 6.92 Å². The maximum atomic E-state index is 5.58. The molecule has 80 valence electrons. The lowest BCUT2D eigenvalue weighted by Gasteiger charge is -1.97. The van der Waals surface area contributed by atoms with E-state index in [0.29, 0.717) is 11.8 Å². The summed E-state index contributed by atoms with van der Waals surface area (Å²) in [6.45, 7) is 4.13. The average molecular weight is 287 g/mol. The normalized spacial score (nSPS) is 13.0. The van der Waals surface area contributed by atoms with Crippen LogP contribution < -0.4 is 0 Å². The van der Waals surface area contributed by atoms with E-state index in [1.54, 1.807) is 11.3 Å². The van der Waals surface area contributed by atoms with Crippen molar-refractivity contribution in [3.8, 4) is 10.8 Å². The van der Waals surface area contributed by atoms with E-state index in [1.807, 2.05) is 6.07 Å². The first kappa shape index (κ1) is 10.8. The number of hydrogen-bond acceptors (Lipinski definition) is 4. The third-order valence-corrected chi connectivity index (χ3v) is 4.05. The van der Waals surface area contributed by atoms with Gasteiger partial charge < -0.3 is 4.42 Å². The lowest BCUT2D eigenvalue weighted by atomic mass is 10.3. The van der Waals surface area contributed by atoms with Crippen molar-refractivity contribution in [2.24, 2.45) is 0 Å². The molecule has 0 bridgehead atoms. The summed E-state index contributed by atoms with van der Waals surface area (Å²) in [5.41, 5.74) is 0. The zero-order chi connectivity index (χ0) is 10.8. The molecule has 0 N–H and O–H groups in total. The Morgan fingerprint density at radius 1 is 1.47 bits per heavy atom. The Hall–Kier alpha value is -0.680. The Morgan fingerprint density at radius 2 is 2.27 bits per heavy atom. The van der Waals surface area contributed by atoms with Crippen LogP contribution in [0.5, 0.6) is 0 Å². The van der Waals surface area contributed by atoms with Crippen LogP contribution in [0.4, 0.5) is 0 Å². The Balaban J connectivity index is 2.27. The molecule has 0 aliphatic carbocycles. The van der Waals surface area contributed by atoms with Gasteiger partial charge in [-0.3, -0.25) is 0 Å². The number of halogens is 1. The molecule has 0 saturated carbocycles. The number of thiophene rings is 1. The van der Waals surface area contributed by atoms with Crippen molar-refractivity contribution in [2.45, 2.75) is 25.1 Å². The Kier molecular flexibility index (Phi) is 3.21. The van der Waals surface area contributed by atoms with E-state index in [4.69, 9.17) is 4.42 Å². The second-order valence-electron chi connectivity index (χ2n) is 3.23. The molecular weight excluding hydrogens is 276 g/mol. The summed E-state index contributed by atoms with van der Waals surface area (Å²) in [7, 11) is 0. The predicted octanol–water partition coefficient (Wildman–Crippen LogP) is 3.95. The van der Waals surface area contributed by atoms with Gasteiger partial charge in [-0.05, 0) is 25.5 Å². The summed E-state index contributed by atoms with van der Waals surface area (Å²) < 4.78 is 5.58. The van der Waals surface area contributed by atoms with E-state index >= 15 is 0 Å². The van der Waals surface area contributed by atoms with Crippen molar-refractivity contribution < 1.29 is 4.42 Å². The number of rotatable bonds is 3. The van der Waals surface area contributed by atoms with Crippen LogP contribution in [-0.2, 0) is 0 Å². The molecule has 2 rings (SSSR count). The molecule has 0 aliphatic heterocycles. The molecule has 0 amide bonds. The molecule has 5 heteroatoms. The standard InChI is InChI=1S/C10H11BrN2OS/c1-3-7(11)9-12-13-10(14-9)8-5-4-6(2)15-8/h4-5,7H,3H2,1-2H3. The SMILES string of the molecule is CCC(Br)c1nnc(-c2ccc(C)s2)o1. The summed E-state index contributed by atoms with van der Waals surface area (Å²) in [5, 5.41) is 8.05. The summed E-state index contributed by atoms with van der Waals surface area (Å²) in [4.78, 5) is 2.43. The smallest absolute Gasteiger partial charge is 0.257 e. The lowest BCUT2D eigenvalue weighted by Crippen LogP contribution is -1.86. The summed E-state index contributed by atoms with van der Waals surface area (Å²) in [5.74, 6) is 1.26. The van der Waals surface area contributed by atoms with Gasteiger partial charge in [0.15, 0.2) is 0 Å². The van der Waals surface area contributed by atoms with E-state index < -0.39 is 0 Å². The number of nitrogens with zero attached hydrogens (tertiary/aromatic N) is 2. The molecule has 1 atom stereocenters. The van der Waals surface area contributed by atoms with Gasteiger partial charge in [-0.25, -0.2) is 0 Å². The molecule has 0 aromatic carbocycles. The highest BCUT2D eigenvalue weighted by Gasteiger charge is 2.15. The van der Waals surface area contributed by atoms with E-state index in [9.17, 15) is 0 Å². The first-order valence-electron chi connectivity index (χ1n) is 4.75. The van der Waals surface area contributed by atoms with Crippen LogP contribution in [0.1, 0.15) is 28.9 Å². The van der Waals surface area contributed by atoms with Gasteiger partial charge in [-0.1, -0.05) is 22.9 Å². The minimum absolute atomic E-state index is 0.153. The van der Waals surface area contributed by atoms with Gasteiger partial charge in [-0.2, -0.15) is 0 Å². The van der Waals surface area contributed by atoms with Gasteiger partial charge in [0.05, 0.1) is 9.70 Å². The second-order valence-corrected chi connectivity index (χ2v) is 5.62. The van der Waals surface area contributed by atoms with Crippen LogP contribution >= 0.6 is 27.3 Å². The fourth-order valence-electron chi connectivity index (χ4n) is 1.18. The zero-order valence-corrected chi connectivity index (χ0v) is 10.9. The van der Waals surface area contributed by atoms with Gasteiger partial charge in [0.25, 0.3) is 5.89 Å². The van der Waals surface area contributed by atoms with Gasteiger partial charge in [0.2, 0.25) is 5.89 Å². The van der Waals surface area contributed by atoms with Gasteiger partial charge >= 0.3 is 0 Å². The Bertz CT molecular complexity index is 452. The van der Waals surface area contributed by atoms with E-state index in [0.717, 1.165) is 11.3 Å². The van der Waals surface area contributed by atoms with Crippen LogP contribution in [-0.4, -0.2) is 10.2 Å². The monoisotopic (exact) mass is 286 g/mol. The first-order chi connectivity index (χ1) is 7.20. The van der Waals surface area contributed by atoms with Crippen molar-refractivity contribution in [1.82, 2.24) is 10.2 Å². The largest absolute Gasteiger partial charge is 0.419 e. The van der Waals surface area contributed by atoms with Crippen molar-refractivity contribution in [3.63, 3.8) is 0 Å². The maximum absolute atomic E-state index is 5.58. The molecule has 0 saturated heterocycles. The van der Waals surface area contributed by atoms with E-state index in [1.165, 1.54) is 4.88 Å². The quantitative estimate of drug-likeness (QED) is 0.802. The molecule has 1 unspecified atom stereocenters. The number of aryl methyl sites for hydroxylation is 1. The molecule has 2 aromatic rings. The van der Waals surface area contributed by atoms with Gasteiger partial charge in [0, 0.05) is 4.88 Å². The molecule has 15 heavy (non-hydrogen) atoms. The molecule has 0 spiro atoms. The number of alkyl halides is 1. The topological polar surface area (TPSA) is 38.9 Å². The van der Waals surface area contributed by atoms with Crippen molar-refractivity contribution in [3.05, 3.63) is 22.9 Å². The second kappa shape index (κ2) is 4.45. The first-order valence-corrected chi connectivity index (χ1v) is 6.48. The fraction of sp³-hybridized carbons (Fsp3) is 0.400. The molecule has 0 aliphatic rings. The molecule has 2 heterocycles. The lowest BCUT2D eigenvalue weighted by molar-refractivity contribution is 0.501. The minimum atomic E-state index is 0.153. The third kappa shape index (κ3) is 2.29. The third-order valence-electron chi connectivity index (χ3n) is 2.02. The predicted molar refractivity (Wildman–Crippen MR) is 64.3 cm³/mol. The molecular formula is C10H11BrN2OS. The van der Waals surface area contributed by atoms with Crippen molar-refractivity contribution in [2.75, 3.05) is 0 Å². The average Bonchev–Trinajstić information content (AvgIpc) is 2.84. The summed E-state index contributed by atoms with van der Waals surface area (Å²) in [6.07, 6.45) is 0.936. The Morgan fingerprint density at radius 3 is 2.87 bits per heavy atom. The summed E-state index contributed by atoms with van der Waals surface area (Å²) in [6, 6.07) is 4.06. The highest BCUT2D eigenvalue weighted by Crippen LogP contribution is 2.30. The minimum Gasteiger partial charge on any atom is -0.419 e. The van der Waals surface area contributed by atoms with Crippen molar-refractivity contribution >= 4 is 27.3 Å². The highest BCUT2D eigenvalue weighted by molar-refractivity contribution is 9.09. The fourth-order valence-corrected chi connectivity index (χ4v) is 2.16. The van der Waals surface area contributed by atoms with Crippen LogP contribution in [0.15, 0.2) is 16.5 Å².